The van der Waals surface area contributed by atoms with Gasteiger partial charge in [-0.05, 0) is 43.1 Å². The quantitative estimate of drug-likeness (QED) is 0.884. The van der Waals surface area contributed by atoms with Crippen molar-refractivity contribution in [1.82, 2.24) is 15.1 Å². The molecule has 0 amide bonds. The van der Waals surface area contributed by atoms with E-state index >= 15 is 0 Å². The first kappa shape index (κ1) is 15.0. The van der Waals surface area contributed by atoms with E-state index in [2.05, 4.69) is 17.3 Å². The maximum atomic E-state index is 13.9. The number of halogens is 2. The molecule has 1 atom stereocenters. The highest BCUT2D eigenvalue weighted by Gasteiger charge is 2.16. The summed E-state index contributed by atoms with van der Waals surface area (Å²) < 4.78 is 15.7. The van der Waals surface area contributed by atoms with E-state index < -0.39 is 0 Å². The van der Waals surface area contributed by atoms with Crippen molar-refractivity contribution in [3.63, 3.8) is 0 Å². The molecule has 0 aliphatic heterocycles. The van der Waals surface area contributed by atoms with E-state index in [-0.39, 0.29) is 11.9 Å². The van der Waals surface area contributed by atoms with Crippen LogP contribution in [0.2, 0.25) is 5.02 Å². The Morgan fingerprint density at radius 2 is 2.20 bits per heavy atom. The predicted molar refractivity (Wildman–Crippen MR) is 79.4 cm³/mol. The zero-order chi connectivity index (χ0) is 14.5. The number of aromatic nitrogens is 2. The van der Waals surface area contributed by atoms with Gasteiger partial charge in [0.25, 0.3) is 0 Å². The van der Waals surface area contributed by atoms with Gasteiger partial charge in [-0.25, -0.2) is 4.39 Å². The Balaban J connectivity index is 2.18. The van der Waals surface area contributed by atoms with E-state index in [1.807, 2.05) is 19.3 Å². The fourth-order valence-electron chi connectivity index (χ4n) is 2.13. The van der Waals surface area contributed by atoms with Crippen LogP contribution in [0.5, 0.6) is 0 Å². The van der Waals surface area contributed by atoms with Crippen molar-refractivity contribution in [2.75, 3.05) is 6.54 Å². The normalized spacial score (nSPS) is 12.6. The number of hydrogen-bond donors (Lipinski definition) is 1. The molecular formula is C15H19ClFN3. The molecule has 108 valence electrons. The van der Waals surface area contributed by atoms with Gasteiger partial charge < -0.3 is 5.32 Å². The first-order valence-corrected chi connectivity index (χ1v) is 7.14. The highest BCUT2D eigenvalue weighted by molar-refractivity contribution is 6.30. The van der Waals surface area contributed by atoms with E-state index in [9.17, 15) is 4.39 Å². The van der Waals surface area contributed by atoms with Gasteiger partial charge in [-0.1, -0.05) is 24.6 Å². The summed E-state index contributed by atoms with van der Waals surface area (Å²) in [6.07, 6.45) is 3.47. The highest BCUT2D eigenvalue weighted by Crippen LogP contribution is 2.21. The van der Waals surface area contributed by atoms with Gasteiger partial charge in [0, 0.05) is 18.3 Å². The number of rotatable bonds is 6. The van der Waals surface area contributed by atoms with E-state index in [1.165, 1.54) is 6.07 Å². The lowest BCUT2D eigenvalue weighted by Crippen LogP contribution is -2.25. The van der Waals surface area contributed by atoms with Gasteiger partial charge >= 0.3 is 0 Å². The standard InChI is InChI=1S/C15H19ClFN3/c1-3-7-18-15(14-6-8-20(2)19-14)9-11-4-5-12(16)10-13(11)17/h4-6,8,10,15,18H,3,7,9H2,1-2H3. The number of aryl methyl sites for hydroxylation is 1. The predicted octanol–water partition coefficient (Wildman–Crippen LogP) is 3.50. The average molecular weight is 296 g/mol. The van der Waals surface area contributed by atoms with Gasteiger partial charge in [-0.2, -0.15) is 5.10 Å². The van der Waals surface area contributed by atoms with Crippen LogP contribution >= 0.6 is 11.6 Å². The summed E-state index contributed by atoms with van der Waals surface area (Å²) in [5.41, 5.74) is 1.57. The molecule has 1 heterocycles. The summed E-state index contributed by atoms with van der Waals surface area (Å²) in [6.45, 7) is 2.97. The molecule has 2 aromatic rings. The molecule has 0 saturated heterocycles. The largest absolute Gasteiger partial charge is 0.308 e. The number of hydrogen-bond acceptors (Lipinski definition) is 2. The molecule has 0 fully saturated rings. The van der Waals surface area contributed by atoms with Crippen molar-refractivity contribution in [1.29, 1.82) is 0 Å². The van der Waals surface area contributed by atoms with Crippen molar-refractivity contribution in [2.45, 2.75) is 25.8 Å². The Bertz CT molecular complexity index is 568. The Morgan fingerprint density at radius 1 is 1.40 bits per heavy atom. The number of nitrogens with zero attached hydrogens (tertiary/aromatic N) is 2. The Hall–Kier alpha value is -1.39. The van der Waals surface area contributed by atoms with Crippen LogP contribution in [0.1, 0.15) is 30.6 Å². The molecule has 1 N–H and O–H groups in total. The van der Waals surface area contributed by atoms with Crippen molar-refractivity contribution >= 4 is 11.6 Å². The lowest BCUT2D eigenvalue weighted by Gasteiger charge is -2.17. The van der Waals surface area contributed by atoms with Gasteiger partial charge in [0.2, 0.25) is 0 Å². The van der Waals surface area contributed by atoms with Crippen LogP contribution in [0, 0.1) is 5.82 Å². The van der Waals surface area contributed by atoms with E-state index in [1.54, 1.807) is 16.8 Å². The third-order valence-electron chi connectivity index (χ3n) is 3.17. The van der Waals surface area contributed by atoms with Crippen molar-refractivity contribution < 1.29 is 4.39 Å². The summed E-state index contributed by atoms with van der Waals surface area (Å²) in [5, 5.41) is 8.25. The maximum Gasteiger partial charge on any atom is 0.127 e. The molecule has 2 rings (SSSR count). The molecule has 5 heteroatoms. The molecule has 0 radical (unpaired) electrons. The molecule has 20 heavy (non-hydrogen) atoms. The maximum absolute atomic E-state index is 13.9. The molecule has 0 saturated carbocycles. The van der Waals surface area contributed by atoms with Gasteiger partial charge in [-0.15, -0.1) is 0 Å². The van der Waals surface area contributed by atoms with Crippen molar-refractivity contribution in [2.24, 2.45) is 7.05 Å². The van der Waals surface area contributed by atoms with Crippen molar-refractivity contribution in [3.05, 3.63) is 52.6 Å². The number of benzene rings is 1. The van der Waals surface area contributed by atoms with E-state index in [0.717, 1.165) is 18.7 Å². The third kappa shape index (κ3) is 3.81. The number of nitrogens with one attached hydrogen (secondary N) is 1. The molecule has 3 nitrogen and oxygen atoms in total. The Labute approximate surface area is 123 Å². The minimum atomic E-state index is -0.267. The lowest BCUT2D eigenvalue weighted by atomic mass is 10.0. The monoisotopic (exact) mass is 295 g/mol. The van der Waals surface area contributed by atoms with Gasteiger partial charge in [0.05, 0.1) is 11.7 Å². The molecule has 0 aliphatic carbocycles. The highest BCUT2D eigenvalue weighted by atomic mass is 35.5. The Kier molecular flexibility index (Phi) is 5.15. The first-order chi connectivity index (χ1) is 9.60. The second-order valence-electron chi connectivity index (χ2n) is 4.86. The molecule has 0 aliphatic rings. The molecule has 1 aromatic heterocycles. The second kappa shape index (κ2) is 6.86. The summed E-state index contributed by atoms with van der Waals surface area (Å²) in [7, 11) is 1.88. The van der Waals surface area contributed by atoms with Crippen LogP contribution < -0.4 is 5.32 Å². The average Bonchev–Trinajstić information content (AvgIpc) is 2.83. The fourth-order valence-corrected chi connectivity index (χ4v) is 2.28. The molecule has 1 unspecified atom stereocenters. The summed E-state index contributed by atoms with van der Waals surface area (Å²) in [5.74, 6) is -0.267. The summed E-state index contributed by atoms with van der Waals surface area (Å²) in [4.78, 5) is 0. The molecule has 0 bridgehead atoms. The van der Waals surface area contributed by atoms with Gasteiger partial charge in [0.15, 0.2) is 0 Å². The van der Waals surface area contributed by atoms with Crippen LogP contribution in [0.15, 0.2) is 30.5 Å². The summed E-state index contributed by atoms with van der Waals surface area (Å²) >= 11 is 5.79. The fraction of sp³-hybridized carbons (Fsp3) is 0.400. The zero-order valence-electron chi connectivity index (χ0n) is 11.7. The summed E-state index contributed by atoms with van der Waals surface area (Å²) in [6, 6.07) is 6.77. The van der Waals surface area contributed by atoms with E-state index in [4.69, 9.17) is 11.6 Å². The molecule has 1 aromatic carbocycles. The zero-order valence-corrected chi connectivity index (χ0v) is 12.5. The van der Waals surface area contributed by atoms with Crippen LogP contribution in [0.25, 0.3) is 0 Å². The lowest BCUT2D eigenvalue weighted by molar-refractivity contribution is 0.498. The third-order valence-corrected chi connectivity index (χ3v) is 3.41. The van der Waals surface area contributed by atoms with E-state index in [0.29, 0.717) is 17.0 Å². The molecule has 0 spiro atoms. The minimum absolute atomic E-state index is 0.00632. The van der Waals surface area contributed by atoms with Crippen LogP contribution in [0.3, 0.4) is 0 Å². The second-order valence-corrected chi connectivity index (χ2v) is 5.30. The first-order valence-electron chi connectivity index (χ1n) is 6.77. The van der Waals surface area contributed by atoms with Crippen LogP contribution in [-0.2, 0) is 13.5 Å². The van der Waals surface area contributed by atoms with Crippen LogP contribution in [0.4, 0.5) is 4.39 Å². The van der Waals surface area contributed by atoms with Crippen LogP contribution in [-0.4, -0.2) is 16.3 Å². The molecular weight excluding hydrogens is 277 g/mol. The van der Waals surface area contributed by atoms with Gasteiger partial charge in [-0.3, -0.25) is 4.68 Å². The SMILES string of the molecule is CCCNC(Cc1ccc(Cl)cc1F)c1ccn(C)n1. The van der Waals surface area contributed by atoms with Crippen molar-refractivity contribution in [3.8, 4) is 0 Å². The smallest absolute Gasteiger partial charge is 0.127 e. The van der Waals surface area contributed by atoms with Gasteiger partial charge in [0.1, 0.15) is 5.82 Å². The minimum Gasteiger partial charge on any atom is -0.308 e. The Morgan fingerprint density at radius 3 is 2.80 bits per heavy atom. The topological polar surface area (TPSA) is 29.9 Å².